The molecule has 188 valence electrons. The van der Waals surface area contributed by atoms with Crippen LogP contribution in [0.1, 0.15) is 32.0 Å². The third-order valence-electron chi connectivity index (χ3n) is 5.13. The molecule has 0 unspecified atom stereocenters. The van der Waals surface area contributed by atoms with E-state index in [1.807, 2.05) is 30.3 Å². The summed E-state index contributed by atoms with van der Waals surface area (Å²) in [5, 5.41) is 10.2. The van der Waals surface area contributed by atoms with Crippen molar-refractivity contribution < 1.29 is 24.0 Å². The van der Waals surface area contributed by atoms with E-state index in [9.17, 15) is 24.0 Å². The van der Waals surface area contributed by atoms with E-state index in [1.165, 1.54) is 33.3 Å². The average molecular weight is 486 g/mol. The second-order valence-corrected chi connectivity index (χ2v) is 8.15. The van der Waals surface area contributed by atoms with Gasteiger partial charge in [0.15, 0.2) is 0 Å². The molecule has 1 heterocycles. The van der Waals surface area contributed by atoms with Gasteiger partial charge in [-0.05, 0) is 19.4 Å². The Balaban J connectivity index is 2.15. The Morgan fingerprint density at radius 1 is 0.857 bits per heavy atom. The predicted molar refractivity (Wildman–Crippen MR) is 126 cm³/mol. The summed E-state index contributed by atoms with van der Waals surface area (Å²) in [7, 11) is 0. The van der Waals surface area contributed by atoms with Crippen molar-refractivity contribution in [1.82, 2.24) is 31.2 Å². The number of hydrogen-bond donors (Lipinski definition) is 6. The Morgan fingerprint density at radius 3 is 2.03 bits per heavy atom. The first-order valence-corrected chi connectivity index (χ1v) is 11.1. The zero-order valence-corrected chi connectivity index (χ0v) is 19.8. The number of H-pyrrole nitrogens is 1. The van der Waals surface area contributed by atoms with Crippen LogP contribution in [0.25, 0.3) is 0 Å². The fourth-order valence-electron chi connectivity index (χ4n) is 3.19. The Bertz CT molecular complexity index is 1030. The van der Waals surface area contributed by atoms with Gasteiger partial charge in [-0.3, -0.25) is 24.0 Å². The lowest BCUT2D eigenvalue weighted by atomic mass is 10.0. The average Bonchev–Trinajstić information content (AvgIpc) is 3.31. The number of rotatable bonds is 12. The number of imidazole rings is 1. The van der Waals surface area contributed by atoms with E-state index in [0.717, 1.165) is 5.56 Å². The largest absolute Gasteiger partial charge is 0.368 e. The molecule has 4 atom stereocenters. The van der Waals surface area contributed by atoms with Gasteiger partial charge in [0.25, 0.3) is 0 Å². The van der Waals surface area contributed by atoms with Crippen molar-refractivity contribution in [3.8, 4) is 0 Å². The maximum Gasteiger partial charge on any atom is 0.243 e. The van der Waals surface area contributed by atoms with Gasteiger partial charge in [0.05, 0.1) is 6.33 Å². The number of amides is 5. The van der Waals surface area contributed by atoms with Gasteiger partial charge in [-0.25, -0.2) is 4.98 Å². The van der Waals surface area contributed by atoms with Crippen molar-refractivity contribution in [2.45, 2.75) is 57.8 Å². The minimum absolute atomic E-state index is 0.0573. The number of aromatic amines is 1. The molecule has 2 aromatic rings. The van der Waals surface area contributed by atoms with Crippen LogP contribution in [0.15, 0.2) is 42.9 Å². The van der Waals surface area contributed by atoms with Gasteiger partial charge in [-0.2, -0.15) is 0 Å². The molecule has 0 aliphatic heterocycles. The highest BCUT2D eigenvalue weighted by atomic mass is 16.2. The fourth-order valence-corrected chi connectivity index (χ4v) is 3.19. The number of primary amides is 1. The zero-order chi connectivity index (χ0) is 26.0. The number of carbonyl (C=O) groups is 5. The third-order valence-corrected chi connectivity index (χ3v) is 5.13. The molecular formula is C23H31N7O5. The first-order valence-electron chi connectivity index (χ1n) is 11.1. The topological polar surface area (TPSA) is 188 Å². The van der Waals surface area contributed by atoms with E-state index < -0.39 is 53.7 Å². The minimum Gasteiger partial charge on any atom is -0.368 e. The molecule has 0 fully saturated rings. The number of nitrogens with two attached hydrogens (primary N) is 1. The number of aromatic nitrogens is 2. The first-order chi connectivity index (χ1) is 16.6. The number of hydrogen-bond acceptors (Lipinski definition) is 6. The summed E-state index contributed by atoms with van der Waals surface area (Å²) in [4.78, 5) is 68.1. The Hall–Kier alpha value is -4.22. The zero-order valence-electron chi connectivity index (χ0n) is 19.8. The van der Waals surface area contributed by atoms with Gasteiger partial charge < -0.3 is 32.0 Å². The summed E-state index contributed by atoms with van der Waals surface area (Å²) in [5.41, 5.74) is 6.55. The summed E-state index contributed by atoms with van der Waals surface area (Å²) in [6, 6.07) is 5.18. The summed E-state index contributed by atoms with van der Waals surface area (Å²) in [6.45, 7) is 4.16. The SMILES string of the molecule is CC(=O)N[C@@H](Cc1ccccc1)C(=O)N[C@@H](Cc1cnc[nH]1)C(=O)N[C@@H](C)C(=O)N[C@@H](C)C(N)=O. The van der Waals surface area contributed by atoms with E-state index in [-0.39, 0.29) is 12.8 Å². The molecule has 12 nitrogen and oxygen atoms in total. The van der Waals surface area contributed by atoms with Crippen molar-refractivity contribution in [1.29, 1.82) is 0 Å². The molecule has 1 aromatic carbocycles. The number of benzene rings is 1. The molecular weight excluding hydrogens is 454 g/mol. The highest BCUT2D eigenvalue weighted by Crippen LogP contribution is 2.06. The van der Waals surface area contributed by atoms with Crippen LogP contribution < -0.4 is 27.0 Å². The highest BCUT2D eigenvalue weighted by Gasteiger charge is 2.29. The Morgan fingerprint density at radius 2 is 1.46 bits per heavy atom. The minimum atomic E-state index is -1.08. The van der Waals surface area contributed by atoms with Crippen LogP contribution >= 0.6 is 0 Å². The lowest BCUT2D eigenvalue weighted by Crippen LogP contribution is -2.58. The van der Waals surface area contributed by atoms with Crippen molar-refractivity contribution in [3.05, 3.63) is 54.1 Å². The van der Waals surface area contributed by atoms with Crippen LogP contribution in [-0.4, -0.2) is 63.7 Å². The van der Waals surface area contributed by atoms with Crippen LogP contribution in [-0.2, 0) is 36.8 Å². The molecule has 0 saturated heterocycles. The lowest BCUT2D eigenvalue weighted by molar-refractivity contribution is -0.133. The molecule has 12 heteroatoms. The predicted octanol–water partition coefficient (Wildman–Crippen LogP) is -1.32. The molecule has 1 aromatic heterocycles. The summed E-state index contributed by atoms with van der Waals surface area (Å²) < 4.78 is 0. The maximum atomic E-state index is 13.1. The van der Waals surface area contributed by atoms with Gasteiger partial charge in [0.1, 0.15) is 24.2 Å². The fraction of sp³-hybridized carbons (Fsp3) is 0.391. The monoisotopic (exact) mass is 485 g/mol. The van der Waals surface area contributed by atoms with Gasteiger partial charge in [-0.1, -0.05) is 30.3 Å². The molecule has 0 spiro atoms. The molecule has 7 N–H and O–H groups in total. The van der Waals surface area contributed by atoms with Crippen LogP contribution in [0, 0.1) is 0 Å². The molecule has 0 saturated carbocycles. The van der Waals surface area contributed by atoms with Crippen LogP contribution in [0.5, 0.6) is 0 Å². The number of nitrogens with zero attached hydrogens (tertiary/aromatic N) is 1. The van der Waals surface area contributed by atoms with Crippen molar-refractivity contribution in [2.75, 3.05) is 0 Å². The Kier molecular flexibility index (Phi) is 9.94. The number of nitrogens with one attached hydrogen (secondary N) is 5. The third kappa shape index (κ3) is 8.91. The van der Waals surface area contributed by atoms with Crippen LogP contribution in [0.3, 0.4) is 0 Å². The second-order valence-electron chi connectivity index (χ2n) is 8.15. The quantitative estimate of drug-likeness (QED) is 0.216. The van der Waals surface area contributed by atoms with Gasteiger partial charge in [-0.15, -0.1) is 0 Å². The van der Waals surface area contributed by atoms with Gasteiger partial charge in [0.2, 0.25) is 29.5 Å². The van der Waals surface area contributed by atoms with E-state index in [2.05, 4.69) is 31.2 Å². The van der Waals surface area contributed by atoms with E-state index in [1.54, 1.807) is 0 Å². The van der Waals surface area contributed by atoms with Gasteiger partial charge in [0, 0.05) is 31.7 Å². The Labute approximate surface area is 202 Å². The van der Waals surface area contributed by atoms with Crippen molar-refractivity contribution >= 4 is 29.5 Å². The van der Waals surface area contributed by atoms with Crippen LogP contribution in [0.4, 0.5) is 0 Å². The highest BCUT2D eigenvalue weighted by molar-refractivity contribution is 5.95. The maximum absolute atomic E-state index is 13.1. The van der Waals surface area contributed by atoms with E-state index in [4.69, 9.17) is 5.73 Å². The van der Waals surface area contributed by atoms with E-state index >= 15 is 0 Å². The summed E-state index contributed by atoms with van der Waals surface area (Å²) in [5.74, 6) is -2.93. The standard InChI is InChI=1S/C23H31N7O5/c1-13(20(24)32)27-21(33)14(2)28-22(34)19(10-17-11-25-12-26-17)30-23(35)18(29-15(3)31)9-16-7-5-4-6-8-16/h4-8,11-14,18-19H,9-10H2,1-3H3,(H2,24,32)(H,25,26)(H,27,33)(H,28,34)(H,29,31)(H,30,35)/t13-,14-,18-,19-/m0/s1. The van der Waals surface area contributed by atoms with Crippen LogP contribution in [0.2, 0.25) is 0 Å². The molecule has 0 bridgehead atoms. The first kappa shape index (κ1) is 27.0. The molecule has 0 aliphatic carbocycles. The molecule has 0 radical (unpaired) electrons. The van der Waals surface area contributed by atoms with E-state index in [0.29, 0.717) is 5.69 Å². The number of carbonyl (C=O) groups excluding carboxylic acids is 5. The molecule has 0 aliphatic rings. The smallest absolute Gasteiger partial charge is 0.243 e. The van der Waals surface area contributed by atoms with Crippen molar-refractivity contribution in [2.24, 2.45) is 5.73 Å². The normalized spacial score (nSPS) is 14.0. The summed E-state index contributed by atoms with van der Waals surface area (Å²) >= 11 is 0. The molecule has 35 heavy (non-hydrogen) atoms. The molecule has 2 rings (SSSR count). The lowest BCUT2D eigenvalue weighted by Gasteiger charge is -2.24. The van der Waals surface area contributed by atoms with Crippen molar-refractivity contribution in [3.63, 3.8) is 0 Å². The van der Waals surface area contributed by atoms with Gasteiger partial charge >= 0.3 is 0 Å². The molecule has 5 amide bonds. The summed E-state index contributed by atoms with van der Waals surface area (Å²) in [6.07, 6.45) is 3.21. The second kappa shape index (κ2) is 12.9.